The van der Waals surface area contributed by atoms with Crippen molar-refractivity contribution in [3.8, 4) is 5.75 Å². The Bertz CT molecular complexity index is 604. The number of pyridine rings is 1. The Morgan fingerprint density at radius 1 is 1.39 bits per heavy atom. The van der Waals surface area contributed by atoms with Crippen molar-refractivity contribution in [1.82, 2.24) is 4.98 Å². The topological polar surface area (TPSA) is 62.2 Å². The summed E-state index contributed by atoms with van der Waals surface area (Å²) in [6, 6.07) is 6.94. The van der Waals surface area contributed by atoms with E-state index >= 15 is 0 Å². The van der Waals surface area contributed by atoms with Crippen molar-refractivity contribution >= 4 is 27.5 Å². The SMILES string of the molecule is O=C(Nc1ccc(F)c(Br)c1)c1ncccc1O. The lowest BCUT2D eigenvalue weighted by Crippen LogP contribution is -2.13. The van der Waals surface area contributed by atoms with Crippen LogP contribution in [0.25, 0.3) is 0 Å². The zero-order valence-corrected chi connectivity index (χ0v) is 10.6. The highest BCUT2D eigenvalue weighted by atomic mass is 79.9. The molecule has 0 bridgehead atoms. The number of carbonyl (C=O) groups is 1. The molecule has 0 spiro atoms. The number of nitrogens with one attached hydrogen (secondary N) is 1. The third-order valence-corrected chi connectivity index (χ3v) is 2.79. The van der Waals surface area contributed by atoms with E-state index < -0.39 is 11.7 Å². The average Bonchev–Trinajstić information content (AvgIpc) is 2.34. The quantitative estimate of drug-likeness (QED) is 0.896. The summed E-state index contributed by atoms with van der Waals surface area (Å²) in [5.41, 5.74) is 0.316. The first-order valence-electron chi connectivity index (χ1n) is 4.98. The molecule has 0 saturated heterocycles. The largest absolute Gasteiger partial charge is 0.505 e. The first-order chi connectivity index (χ1) is 8.58. The van der Waals surface area contributed by atoms with Crippen LogP contribution in [0.15, 0.2) is 41.0 Å². The molecule has 0 unspecified atom stereocenters. The second-order valence-electron chi connectivity index (χ2n) is 3.45. The van der Waals surface area contributed by atoms with E-state index in [1.807, 2.05) is 0 Å². The highest BCUT2D eigenvalue weighted by Gasteiger charge is 2.12. The molecule has 0 aliphatic rings. The maximum absolute atomic E-state index is 13.0. The van der Waals surface area contributed by atoms with Crippen molar-refractivity contribution in [3.05, 3.63) is 52.5 Å². The molecule has 6 heteroatoms. The molecule has 0 radical (unpaired) electrons. The number of aromatic nitrogens is 1. The van der Waals surface area contributed by atoms with Gasteiger partial charge in [0.1, 0.15) is 11.6 Å². The summed E-state index contributed by atoms with van der Waals surface area (Å²) in [4.78, 5) is 15.6. The van der Waals surface area contributed by atoms with Crippen molar-refractivity contribution in [2.45, 2.75) is 0 Å². The minimum Gasteiger partial charge on any atom is -0.505 e. The molecule has 0 fully saturated rings. The van der Waals surface area contributed by atoms with Crippen LogP contribution < -0.4 is 5.32 Å². The Kier molecular flexibility index (Phi) is 3.57. The fourth-order valence-corrected chi connectivity index (χ4v) is 1.71. The molecule has 1 heterocycles. The summed E-state index contributed by atoms with van der Waals surface area (Å²) in [6.07, 6.45) is 1.40. The molecule has 0 atom stereocenters. The summed E-state index contributed by atoms with van der Waals surface area (Å²) in [5.74, 6) is -1.20. The van der Waals surface area contributed by atoms with Crippen LogP contribution in [-0.4, -0.2) is 16.0 Å². The van der Waals surface area contributed by atoms with Gasteiger partial charge in [-0.2, -0.15) is 0 Å². The predicted octanol–water partition coefficient (Wildman–Crippen LogP) is 2.94. The van der Waals surface area contributed by atoms with Gasteiger partial charge >= 0.3 is 0 Å². The first-order valence-corrected chi connectivity index (χ1v) is 5.77. The highest BCUT2D eigenvalue weighted by molar-refractivity contribution is 9.10. The van der Waals surface area contributed by atoms with Crippen LogP contribution >= 0.6 is 15.9 Å². The van der Waals surface area contributed by atoms with Gasteiger partial charge in [-0.3, -0.25) is 4.79 Å². The Morgan fingerprint density at radius 2 is 2.17 bits per heavy atom. The summed E-state index contributed by atoms with van der Waals surface area (Å²) in [7, 11) is 0. The zero-order chi connectivity index (χ0) is 13.1. The van der Waals surface area contributed by atoms with E-state index in [4.69, 9.17) is 0 Å². The Labute approximate surface area is 111 Å². The van der Waals surface area contributed by atoms with Gasteiger partial charge in [-0.15, -0.1) is 0 Å². The number of nitrogens with zero attached hydrogens (tertiary/aromatic N) is 1. The molecule has 0 saturated carbocycles. The highest BCUT2D eigenvalue weighted by Crippen LogP contribution is 2.21. The first kappa shape index (κ1) is 12.5. The van der Waals surface area contributed by atoms with Gasteiger partial charge in [-0.1, -0.05) is 0 Å². The molecule has 18 heavy (non-hydrogen) atoms. The normalized spacial score (nSPS) is 10.1. The molecule has 4 nitrogen and oxygen atoms in total. The van der Waals surface area contributed by atoms with Crippen LogP contribution in [0.4, 0.5) is 10.1 Å². The number of hydrogen-bond donors (Lipinski definition) is 2. The van der Waals surface area contributed by atoms with Gasteiger partial charge < -0.3 is 10.4 Å². The second-order valence-corrected chi connectivity index (χ2v) is 4.31. The number of halogens is 2. The lowest BCUT2D eigenvalue weighted by Gasteiger charge is -2.06. The lowest BCUT2D eigenvalue weighted by atomic mass is 10.2. The Balaban J connectivity index is 2.22. The molecule has 0 aliphatic carbocycles. The summed E-state index contributed by atoms with van der Waals surface area (Å²) in [5, 5.41) is 12.0. The monoisotopic (exact) mass is 310 g/mol. The van der Waals surface area contributed by atoms with E-state index in [1.165, 1.54) is 36.5 Å². The van der Waals surface area contributed by atoms with Gasteiger partial charge in [-0.05, 0) is 46.3 Å². The number of rotatable bonds is 2. The van der Waals surface area contributed by atoms with Gasteiger partial charge in [0, 0.05) is 11.9 Å². The van der Waals surface area contributed by atoms with E-state index in [2.05, 4.69) is 26.2 Å². The van der Waals surface area contributed by atoms with E-state index in [9.17, 15) is 14.3 Å². The third-order valence-electron chi connectivity index (χ3n) is 2.18. The predicted molar refractivity (Wildman–Crippen MR) is 68.0 cm³/mol. The third kappa shape index (κ3) is 2.65. The Morgan fingerprint density at radius 3 is 2.83 bits per heavy atom. The fourth-order valence-electron chi connectivity index (χ4n) is 1.34. The van der Waals surface area contributed by atoms with E-state index in [0.29, 0.717) is 5.69 Å². The summed E-state index contributed by atoms with van der Waals surface area (Å²) in [6.45, 7) is 0. The molecule has 2 aromatic rings. The number of anilines is 1. The van der Waals surface area contributed by atoms with Gasteiger partial charge in [0.2, 0.25) is 0 Å². The molecular weight excluding hydrogens is 303 g/mol. The number of benzene rings is 1. The number of amides is 1. The van der Waals surface area contributed by atoms with Crippen molar-refractivity contribution in [1.29, 1.82) is 0 Å². The van der Waals surface area contributed by atoms with Crippen molar-refractivity contribution in [2.24, 2.45) is 0 Å². The average molecular weight is 311 g/mol. The minimum atomic E-state index is -0.563. The summed E-state index contributed by atoms with van der Waals surface area (Å²) < 4.78 is 13.3. The Hall–Kier alpha value is -1.95. The lowest BCUT2D eigenvalue weighted by molar-refractivity contribution is 0.101. The number of carbonyl (C=O) groups excluding carboxylic acids is 1. The fraction of sp³-hybridized carbons (Fsp3) is 0. The smallest absolute Gasteiger partial charge is 0.278 e. The molecule has 2 rings (SSSR count). The molecule has 92 valence electrons. The second kappa shape index (κ2) is 5.14. The van der Waals surface area contributed by atoms with Crippen LogP contribution in [0, 0.1) is 5.82 Å². The molecule has 1 aromatic carbocycles. The van der Waals surface area contributed by atoms with Gasteiger partial charge in [-0.25, -0.2) is 9.37 Å². The van der Waals surface area contributed by atoms with E-state index in [1.54, 1.807) is 0 Å². The molecular formula is C12H8BrFN2O2. The van der Waals surface area contributed by atoms with E-state index in [0.717, 1.165) is 0 Å². The standard InChI is InChI=1S/C12H8BrFN2O2/c13-8-6-7(3-4-9(8)14)16-12(18)11-10(17)2-1-5-15-11/h1-6,17H,(H,16,18). The van der Waals surface area contributed by atoms with Crippen LogP contribution in [-0.2, 0) is 0 Å². The zero-order valence-electron chi connectivity index (χ0n) is 9.02. The number of aromatic hydroxyl groups is 1. The van der Waals surface area contributed by atoms with Crippen LogP contribution in [0.2, 0.25) is 0 Å². The molecule has 2 N–H and O–H groups in total. The van der Waals surface area contributed by atoms with Crippen LogP contribution in [0.3, 0.4) is 0 Å². The van der Waals surface area contributed by atoms with Gasteiger partial charge in [0.15, 0.2) is 5.69 Å². The maximum Gasteiger partial charge on any atom is 0.278 e. The minimum absolute atomic E-state index is 0.0852. The summed E-state index contributed by atoms with van der Waals surface area (Å²) >= 11 is 3.02. The molecule has 0 aliphatic heterocycles. The van der Waals surface area contributed by atoms with Crippen molar-refractivity contribution in [2.75, 3.05) is 5.32 Å². The van der Waals surface area contributed by atoms with Gasteiger partial charge in [0.25, 0.3) is 5.91 Å². The van der Waals surface area contributed by atoms with Crippen LogP contribution in [0.1, 0.15) is 10.5 Å². The van der Waals surface area contributed by atoms with Crippen molar-refractivity contribution in [3.63, 3.8) is 0 Å². The number of hydrogen-bond acceptors (Lipinski definition) is 3. The van der Waals surface area contributed by atoms with Gasteiger partial charge in [0.05, 0.1) is 4.47 Å². The molecule has 1 aromatic heterocycles. The molecule has 1 amide bonds. The van der Waals surface area contributed by atoms with Crippen molar-refractivity contribution < 1.29 is 14.3 Å². The van der Waals surface area contributed by atoms with E-state index in [-0.39, 0.29) is 15.9 Å². The van der Waals surface area contributed by atoms with Crippen LogP contribution in [0.5, 0.6) is 5.75 Å². The maximum atomic E-state index is 13.0.